The van der Waals surface area contributed by atoms with E-state index in [9.17, 15) is 9.18 Å². The number of fused-ring (bicyclic) bond motifs is 3. The monoisotopic (exact) mass is 412 g/mol. The molecule has 0 saturated carbocycles. The maximum Gasteiger partial charge on any atom is 0.255 e. The van der Waals surface area contributed by atoms with Crippen LogP contribution in [0, 0.1) is 12.7 Å². The van der Waals surface area contributed by atoms with Gasteiger partial charge in [-0.05, 0) is 55.8 Å². The molecule has 2 N–H and O–H groups in total. The van der Waals surface area contributed by atoms with Crippen molar-refractivity contribution in [3.05, 3.63) is 101 Å². The highest BCUT2D eigenvalue weighted by atomic mass is 19.1. The number of aromatic nitrogens is 2. The lowest BCUT2D eigenvalue weighted by molar-refractivity contribution is -0.113. The predicted molar refractivity (Wildman–Crippen MR) is 120 cm³/mol. The minimum atomic E-state index is -0.449. The van der Waals surface area contributed by atoms with Gasteiger partial charge in [0.15, 0.2) is 0 Å². The molecule has 31 heavy (non-hydrogen) atoms. The van der Waals surface area contributed by atoms with Crippen LogP contribution < -0.4 is 10.6 Å². The molecule has 3 aromatic carbocycles. The molecule has 2 heterocycles. The Hall–Kier alpha value is -3.93. The first-order valence-electron chi connectivity index (χ1n) is 10.1. The Morgan fingerprint density at radius 2 is 1.71 bits per heavy atom. The van der Waals surface area contributed by atoms with Crippen molar-refractivity contribution in [1.29, 1.82) is 0 Å². The standard InChI is InChI=1S/C25H21FN4O/c1-15-7-13-19(14-8-15)28-24(31)22-16(2)27-25-29-20-5-3-4-6-21(20)30(25)23(22)17-9-11-18(26)12-10-17/h3-14,23H,1-2H3,(H,27,29)(H,28,31)/t23-/m1/s1. The number of carbonyl (C=O) groups is 1. The van der Waals surface area contributed by atoms with E-state index in [0.717, 1.165) is 27.8 Å². The first kappa shape index (κ1) is 19.1. The number of para-hydroxylation sites is 2. The summed E-state index contributed by atoms with van der Waals surface area (Å²) in [7, 11) is 0. The van der Waals surface area contributed by atoms with Crippen molar-refractivity contribution in [1.82, 2.24) is 9.55 Å². The number of nitrogens with one attached hydrogen (secondary N) is 2. The molecule has 0 fully saturated rings. The van der Waals surface area contributed by atoms with E-state index in [0.29, 0.717) is 17.2 Å². The highest BCUT2D eigenvalue weighted by Crippen LogP contribution is 2.39. The number of anilines is 2. The Balaban J connectivity index is 1.65. The second kappa shape index (κ2) is 7.40. The van der Waals surface area contributed by atoms with Gasteiger partial charge >= 0.3 is 0 Å². The van der Waals surface area contributed by atoms with Gasteiger partial charge in [0.25, 0.3) is 5.91 Å². The summed E-state index contributed by atoms with van der Waals surface area (Å²) in [6.45, 7) is 3.86. The Labute approximate surface area is 179 Å². The van der Waals surface area contributed by atoms with E-state index in [1.54, 1.807) is 12.1 Å². The van der Waals surface area contributed by atoms with E-state index >= 15 is 0 Å². The van der Waals surface area contributed by atoms with Crippen LogP contribution in [0.15, 0.2) is 84.1 Å². The third-order valence-corrected chi connectivity index (χ3v) is 5.57. The molecule has 1 aliphatic rings. The van der Waals surface area contributed by atoms with Crippen LogP contribution in [0.25, 0.3) is 11.0 Å². The van der Waals surface area contributed by atoms with Gasteiger partial charge in [0, 0.05) is 11.4 Å². The normalized spacial score (nSPS) is 15.5. The number of hydrogen-bond donors (Lipinski definition) is 2. The molecule has 1 aromatic heterocycles. The molecule has 5 rings (SSSR count). The lowest BCUT2D eigenvalue weighted by atomic mass is 9.94. The molecule has 154 valence electrons. The quantitative estimate of drug-likeness (QED) is 0.473. The predicted octanol–water partition coefficient (Wildman–Crippen LogP) is 5.41. The lowest BCUT2D eigenvalue weighted by Crippen LogP contribution is -2.30. The number of nitrogens with zero attached hydrogens (tertiary/aromatic N) is 2. The summed E-state index contributed by atoms with van der Waals surface area (Å²) >= 11 is 0. The average Bonchev–Trinajstić information content (AvgIpc) is 3.13. The topological polar surface area (TPSA) is 59.0 Å². The van der Waals surface area contributed by atoms with Gasteiger partial charge in [-0.25, -0.2) is 9.37 Å². The van der Waals surface area contributed by atoms with Crippen LogP contribution in [0.5, 0.6) is 0 Å². The number of allylic oxidation sites excluding steroid dienone is 1. The molecule has 0 spiro atoms. The number of imidazole rings is 1. The summed E-state index contributed by atoms with van der Waals surface area (Å²) in [6.07, 6.45) is 0. The van der Waals surface area contributed by atoms with Crippen molar-refractivity contribution >= 4 is 28.6 Å². The molecule has 4 aromatic rings. The molecule has 0 saturated heterocycles. The van der Waals surface area contributed by atoms with Gasteiger partial charge in [0.05, 0.1) is 22.6 Å². The summed E-state index contributed by atoms with van der Waals surface area (Å²) in [4.78, 5) is 18.2. The molecule has 0 unspecified atom stereocenters. The van der Waals surface area contributed by atoms with Crippen molar-refractivity contribution in [2.24, 2.45) is 0 Å². The highest BCUT2D eigenvalue weighted by molar-refractivity contribution is 6.06. The summed E-state index contributed by atoms with van der Waals surface area (Å²) in [5.74, 6) is 0.117. The van der Waals surface area contributed by atoms with E-state index in [-0.39, 0.29) is 11.7 Å². The number of halogens is 1. The molecular weight excluding hydrogens is 391 g/mol. The van der Waals surface area contributed by atoms with Gasteiger partial charge in [0.1, 0.15) is 5.82 Å². The summed E-state index contributed by atoms with van der Waals surface area (Å²) < 4.78 is 15.7. The second-order valence-corrected chi connectivity index (χ2v) is 7.73. The van der Waals surface area contributed by atoms with Crippen LogP contribution in [0.4, 0.5) is 16.0 Å². The van der Waals surface area contributed by atoms with Crippen LogP contribution in [-0.4, -0.2) is 15.5 Å². The Kier molecular flexibility index (Phi) is 4.55. The number of rotatable bonds is 3. The summed E-state index contributed by atoms with van der Waals surface area (Å²) in [5.41, 5.74) is 5.63. The number of amides is 1. The number of benzene rings is 3. The smallest absolute Gasteiger partial charge is 0.255 e. The zero-order valence-corrected chi connectivity index (χ0v) is 17.2. The van der Waals surface area contributed by atoms with Gasteiger partial charge in [-0.2, -0.15) is 0 Å². The Morgan fingerprint density at radius 1 is 1.00 bits per heavy atom. The van der Waals surface area contributed by atoms with E-state index in [1.807, 2.05) is 66.9 Å². The molecule has 1 aliphatic heterocycles. The SMILES string of the molecule is CC1=C(C(=O)Nc2ccc(C)cc2)[C@@H](c2ccc(F)cc2)n2c(nc3ccccc32)N1. The molecule has 0 bridgehead atoms. The molecule has 5 nitrogen and oxygen atoms in total. The third-order valence-electron chi connectivity index (χ3n) is 5.57. The summed E-state index contributed by atoms with van der Waals surface area (Å²) in [5, 5.41) is 6.29. The number of hydrogen-bond acceptors (Lipinski definition) is 3. The Bertz CT molecular complexity index is 1320. The van der Waals surface area contributed by atoms with Gasteiger partial charge < -0.3 is 10.6 Å². The Morgan fingerprint density at radius 3 is 2.45 bits per heavy atom. The van der Waals surface area contributed by atoms with Gasteiger partial charge in [-0.3, -0.25) is 9.36 Å². The van der Waals surface area contributed by atoms with Crippen LogP contribution in [-0.2, 0) is 4.79 Å². The van der Waals surface area contributed by atoms with Crippen LogP contribution in [0.3, 0.4) is 0 Å². The number of carbonyl (C=O) groups excluding carboxylic acids is 1. The fraction of sp³-hybridized carbons (Fsp3) is 0.120. The first-order chi connectivity index (χ1) is 15.0. The molecule has 6 heteroatoms. The van der Waals surface area contributed by atoms with E-state index in [2.05, 4.69) is 10.6 Å². The zero-order chi connectivity index (χ0) is 21.5. The highest BCUT2D eigenvalue weighted by Gasteiger charge is 2.34. The van der Waals surface area contributed by atoms with Crippen LogP contribution in [0.1, 0.15) is 24.1 Å². The van der Waals surface area contributed by atoms with Gasteiger partial charge in [-0.15, -0.1) is 0 Å². The largest absolute Gasteiger partial charge is 0.329 e. The summed E-state index contributed by atoms with van der Waals surface area (Å²) in [6, 6.07) is 21.3. The van der Waals surface area contributed by atoms with Crippen molar-refractivity contribution in [2.75, 3.05) is 10.6 Å². The van der Waals surface area contributed by atoms with Crippen LogP contribution in [0.2, 0.25) is 0 Å². The van der Waals surface area contributed by atoms with E-state index in [1.165, 1.54) is 12.1 Å². The molecule has 1 amide bonds. The fourth-order valence-electron chi connectivity index (χ4n) is 4.05. The van der Waals surface area contributed by atoms with Gasteiger partial charge in [0.2, 0.25) is 5.95 Å². The van der Waals surface area contributed by atoms with Crippen LogP contribution >= 0.6 is 0 Å². The molecule has 0 aliphatic carbocycles. The molecular formula is C25H21FN4O. The van der Waals surface area contributed by atoms with Crippen molar-refractivity contribution in [3.8, 4) is 0 Å². The maximum absolute atomic E-state index is 13.7. The minimum Gasteiger partial charge on any atom is -0.329 e. The molecule has 0 radical (unpaired) electrons. The fourth-order valence-corrected chi connectivity index (χ4v) is 4.05. The van der Waals surface area contributed by atoms with Crippen molar-refractivity contribution < 1.29 is 9.18 Å². The third kappa shape index (κ3) is 3.36. The lowest BCUT2D eigenvalue weighted by Gasteiger charge is -2.30. The molecule has 1 atom stereocenters. The minimum absolute atomic E-state index is 0.216. The van der Waals surface area contributed by atoms with E-state index in [4.69, 9.17) is 4.98 Å². The van der Waals surface area contributed by atoms with Gasteiger partial charge in [-0.1, -0.05) is 42.0 Å². The maximum atomic E-state index is 13.7. The second-order valence-electron chi connectivity index (χ2n) is 7.73. The van der Waals surface area contributed by atoms with Crippen molar-refractivity contribution in [3.63, 3.8) is 0 Å². The zero-order valence-electron chi connectivity index (χ0n) is 17.2. The number of aryl methyl sites for hydroxylation is 1. The first-order valence-corrected chi connectivity index (χ1v) is 10.1. The average molecular weight is 412 g/mol. The van der Waals surface area contributed by atoms with E-state index < -0.39 is 6.04 Å². The van der Waals surface area contributed by atoms with Crippen molar-refractivity contribution in [2.45, 2.75) is 19.9 Å².